The average Bonchev–Trinajstić information content (AvgIpc) is 2.12. The number of hydrogen-bond acceptors (Lipinski definition) is 4. The average molecular weight is 203 g/mol. The summed E-state index contributed by atoms with van der Waals surface area (Å²) < 4.78 is 4.41. The van der Waals surface area contributed by atoms with E-state index >= 15 is 0 Å². The third-order valence-corrected chi connectivity index (χ3v) is 1.31. The lowest BCUT2D eigenvalue weighted by molar-refractivity contribution is -0.154. The Bertz CT molecular complexity index is 226. The molecule has 0 aromatic carbocycles. The minimum absolute atomic E-state index is 0.0386. The van der Waals surface area contributed by atoms with E-state index in [1.165, 1.54) is 0 Å². The van der Waals surface area contributed by atoms with Crippen molar-refractivity contribution in [3.05, 3.63) is 0 Å². The summed E-state index contributed by atoms with van der Waals surface area (Å²) in [5.41, 5.74) is 0. The van der Waals surface area contributed by atoms with Crippen molar-refractivity contribution >= 4 is 17.8 Å². The maximum Gasteiger partial charge on any atom is 0.396 e. The van der Waals surface area contributed by atoms with Gasteiger partial charge in [0.25, 0.3) is 0 Å². The van der Waals surface area contributed by atoms with Crippen LogP contribution in [-0.4, -0.2) is 36.1 Å². The number of ether oxygens (including phenoxy) is 1. The normalized spacial score (nSPS) is 9.21. The first kappa shape index (κ1) is 12.4. The van der Waals surface area contributed by atoms with Crippen LogP contribution < -0.4 is 5.32 Å². The lowest BCUT2D eigenvalue weighted by Gasteiger charge is -2.02. The maximum absolute atomic E-state index is 10.8. The van der Waals surface area contributed by atoms with Crippen LogP contribution in [0.3, 0.4) is 0 Å². The summed E-state index contributed by atoms with van der Waals surface area (Å²) in [6.45, 7) is 1.89. The second kappa shape index (κ2) is 6.88. The van der Waals surface area contributed by atoms with Crippen LogP contribution in [0.15, 0.2) is 0 Å². The molecule has 0 radical (unpaired) electrons. The number of amides is 1. The quantitative estimate of drug-likeness (QED) is 0.358. The van der Waals surface area contributed by atoms with Gasteiger partial charge in [0.1, 0.15) is 0 Å². The number of carboxylic acids is 1. The standard InChI is InChI=1S/C8H13NO5/c1-2-14-8(13)7(12)9-5-3-4-6(10)11/h2-5H2,1H3,(H,9,12)(H,10,11). The van der Waals surface area contributed by atoms with Crippen LogP contribution in [0, 0.1) is 0 Å². The molecule has 14 heavy (non-hydrogen) atoms. The largest absolute Gasteiger partial charge is 0.481 e. The highest BCUT2D eigenvalue weighted by molar-refractivity contribution is 6.32. The lowest BCUT2D eigenvalue weighted by Crippen LogP contribution is -2.33. The number of carbonyl (C=O) groups excluding carboxylic acids is 2. The van der Waals surface area contributed by atoms with E-state index in [-0.39, 0.29) is 19.6 Å². The molecule has 0 heterocycles. The van der Waals surface area contributed by atoms with E-state index in [2.05, 4.69) is 10.1 Å². The Morgan fingerprint density at radius 1 is 1.36 bits per heavy atom. The van der Waals surface area contributed by atoms with Gasteiger partial charge in [0, 0.05) is 13.0 Å². The van der Waals surface area contributed by atoms with Crippen LogP contribution in [0.4, 0.5) is 0 Å². The van der Waals surface area contributed by atoms with Gasteiger partial charge in [0.05, 0.1) is 6.61 Å². The fourth-order valence-corrected chi connectivity index (χ4v) is 0.710. The summed E-state index contributed by atoms with van der Waals surface area (Å²) in [7, 11) is 0. The Hall–Kier alpha value is -1.59. The fourth-order valence-electron chi connectivity index (χ4n) is 0.710. The van der Waals surface area contributed by atoms with Crippen molar-refractivity contribution in [3.8, 4) is 0 Å². The van der Waals surface area contributed by atoms with Gasteiger partial charge in [-0.05, 0) is 13.3 Å². The maximum atomic E-state index is 10.8. The van der Waals surface area contributed by atoms with Crippen LogP contribution in [0.2, 0.25) is 0 Å². The monoisotopic (exact) mass is 203 g/mol. The predicted octanol–water partition coefficient (Wildman–Crippen LogP) is -0.469. The molecule has 2 N–H and O–H groups in total. The van der Waals surface area contributed by atoms with Gasteiger partial charge in [0.15, 0.2) is 0 Å². The van der Waals surface area contributed by atoms with Gasteiger partial charge in [-0.3, -0.25) is 9.59 Å². The van der Waals surface area contributed by atoms with Crippen molar-refractivity contribution in [1.82, 2.24) is 5.32 Å². The minimum Gasteiger partial charge on any atom is -0.481 e. The molecule has 0 spiro atoms. The van der Waals surface area contributed by atoms with Gasteiger partial charge in [0.2, 0.25) is 0 Å². The van der Waals surface area contributed by atoms with E-state index in [0.29, 0.717) is 6.42 Å². The molecule has 1 amide bonds. The molecule has 0 rings (SSSR count). The Labute approximate surface area is 81.2 Å². The second-order valence-corrected chi connectivity index (χ2v) is 2.47. The van der Waals surface area contributed by atoms with Crippen LogP contribution in [0.25, 0.3) is 0 Å². The van der Waals surface area contributed by atoms with Crippen LogP contribution in [0.5, 0.6) is 0 Å². The molecule has 0 aromatic heterocycles. The number of carbonyl (C=O) groups is 3. The number of hydrogen-bond donors (Lipinski definition) is 2. The number of nitrogens with one attached hydrogen (secondary N) is 1. The molecule has 0 aliphatic heterocycles. The number of carboxylic acid groups (broad SMARTS) is 1. The van der Waals surface area contributed by atoms with Gasteiger partial charge < -0.3 is 15.2 Å². The number of esters is 1. The van der Waals surface area contributed by atoms with E-state index < -0.39 is 17.8 Å². The third-order valence-electron chi connectivity index (χ3n) is 1.31. The Kier molecular flexibility index (Phi) is 6.09. The Balaban J connectivity index is 3.53. The van der Waals surface area contributed by atoms with Crippen molar-refractivity contribution in [2.24, 2.45) is 0 Å². The zero-order valence-corrected chi connectivity index (χ0v) is 7.91. The highest BCUT2D eigenvalue weighted by Crippen LogP contribution is 1.86. The molecule has 0 fully saturated rings. The highest BCUT2D eigenvalue weighted by Gasteiger charge is 2.13. The topological polar surface area (TPSA) is 92.7 Å². The SMILES string of the molecule is CCOC(=O)C(=O)NCCCC(=O)O. The van der Waals surface area contributed by atoms with Crippen molar-refractivity contribution in [3.63, 3.8) is 0 Å². The summed E-state index contributed by atoms with van der Waals surface area (Å²) in [4.78, 5) is 31.6. The highest BCUT2D eigenvalue weighted by atomic mass is 16.5. The fraction of sp³-hybridized carbons (Fsp3) is 0.625. The minimum atomic E-state index is -0.942. The summed E-state index contributed by atoms with van der Waals surface area (Å²) in [5, 5.41) is 10.5. The predicted molar refractivity (Wildman–Crippen MR) is 46.5 cm³/mol. The molecule has 0 saturated carbocycles. The molecule has 6 nitrogen and oxygen atoms in total. The van der Waals surface area contributed by atoms with E-state index in [1.54, 1.807) is 6.92 Å². The van der Waals surface area contributed by atoms with Crippen LogP contribution >= 0.6 is 0 Å². The number of rotatable bonds is 5. The zero-order valence-electron chi connectivity index (χ0n) is 7.91. The molecule has 0 bridgehead atoms. The van der Waals surface area contributed by atoms with Crippen molar-refractivity contribution in [1.29, 1.82) is 0 Å². The van der Waals surface area contributed by atoms with Gasteiger partial charge in [-0.2, -0.15) is 0 Å². The van der Waals surface area contributed by atoms with Gasteiger partial charge in [-0.1, -0.05) is 0 Å². The van der Waals surface area contributed by atoms with E-state index in [4.69, 9.17) is 5.11 Å². The molecule has 80 valence electrons. The Morgan fingerprint density at radius 2 is 2.00 bits per heavy atom. The van der Waals surface area contributed by atoms with Crippen LogP contribution in [0.1, 0.15) is 19.8 Å². The number of aliphatic carboxylic acids is 1. The van der Waals surface area contributed by atoms with Gasteiger partial charge in [-0.25, -0.2) is 4.79 Å². The summed E-state index contributed by atoms with van der Waals surface area (Å²) in [6.07, 6.45) is 0.254. The Morgan fingerprint density at radius 3 is 2.50 bits per heavy atom. The smallest absolute Gasteiger partial charge is 0.396 e. The van der Waals surface area contributed by atoms with Gasteiger partial charge >= 0.3 is 17.8 Å². The molecular formula is C8H13NO5. The second-order valence-electron chi connectivity index (χ2n) is 2.47. The van der Waals surface area contributed by atoms with E-state index in [0.717, 1.165) is 0 Å². The molecule has 0 saturated heterocycles. The first-order valence-electron chi connectivity index (χ1n) is 4.24. The molecule has 0 aromatic rings. The first-order valence-corrected chi connectivity index (χ1v) is 4.24. The van der Waals surface area contributed by atoms with Crippen molar-refractivity contribution in [2.45, 2.75) is 19.8 Å². The van der Waals surface area contributed by atoms with Crippen LogP contribution in [-0.2, 0) is 19.1 Å². The van der Waals surface area contributed by atoms with Gasteiger partial charge in [-0.15, -0.1) is 0 Å². The first-order chi connectivity index (χ1) is 6.57. The summed E-state index contributed by atoms with van der Waals surface area (Å²) in [6, 6.07) is 0. The molecule has 0 unspecified atom stereocenters. The molecule has 6 heteroatoms. The molecule has 0 aliphatic rings. The third kappa shape index (κ3) is 5.99. The molecular weight excluding hydrogens is 190 g/mol. The van der Waals surface area contributed by atoms with E-state index in [1.807, 2.05) is 0 Å². The summed E-state index contributed by atoms with van der Waals surface area (Å²) in [5.74, 6) is -2.71. The summed E-state index contributed by atoms with van der Waals surface area (Å²) >= 11 is 0. The zero-order chi connectivity index (χ0) is 11.0. The van der Waals surface area contributed by atoms with Crippen molar-refractivity contribution < 1.29 is 24.2 Å². The lowest BCUT2D eigenvalue weighted by atomic mass is 10.3. The van der Waals surface area contributed by atoms with Crippen molar-refractivity contribution in [2.75, 3.05) is 13.2 Å². The van der Waals surface area contributed by atoms with E-state index in [9.17, 15) is 14.4 Å². The molecule has 0 atom stereocenters. The molecule has 0 aliphatic carbocycles.